The summed E-state index contributed by atoms with van der Waals surface area (Å²) >= 11 is 0. The summed E-state index contributed by atoms with van der Waals surface area (Å²) in [4.78, 5) is 0.0405. The maximum absolute atomic E-state index is 11.0. The lowest BCUT2D eigenvalue weighted by molar-refractivity contribution is 0.280. The molecule has 0 saturated heterocycles. The van der Waals surface area contributed by atoms with Crippen LogP contribution in [0.4, 0.5) is 0 Å². The second-order valence-corrected chi connectivity index (χ2v) is 4.55. The van der Waals surface area contributed by atoms with Crippen LogP contribution in [0, 0.1) is 0 Å². The normalized spacial score (nSPS) is 11.6. The van der Waals surface area contributed by atoms with Crippen molar-refractivity contribution >= 4 is 10.0 Å². The average Bonchev–Trinajstić information content (AvgIpc) is 2.15. The topological polar surface area (TPSA) is 80.4 Å². The van der Waals surface area contributed by atoms with Crippen LogP contribution in [-0.4, -0.2) is 13.5 Å². The van der Waals surface area contributed by atoms with Crippen LogP contribution in [0.1, 0.15) is 18.1 Å². The van der Waals surface area contributed by atoms with Crippen LogP contribution in [0.5, 0.6) is 0 Å². The molecule has 1 aromatic rings. The smallest absolute Gasteiger partial charge is 0.238 e. The predicted molar refractivity (Wildman–Crippen MR) is 53.1 cm³/mol. The van der Waals surface area contributed by atoms with Crippen LogP contribution in [0.15, 0.2) is 23.1 Å². The summed E-state index contributed by atoms with van der Waals surface area (Å²) in [6.45, 7) is 1.76. The zero-order valence-corrected chi connectivity index (χ0v) is 8.71. The van der Waals surface area contributed by atoms with Crippen LogP contribution < -0.4 is 5.14 Å². The Bertz CT molecular complexity index is 426. The molecular weight excluding hydrogens is 202 g/mol. The first-order valence-electron chi connectivity index (χ1n) is 4.24. The molecule has 0 atom stereocenters. The molecule has 0 fully saturated rings. The van der Waals surface area contributed by atoms with Gasteiger partial charge in [-0.1, -0.05) is 13.0 Å². The van der Waals surface area contributed by atoms with Crippen molar-refractivity contribution < 1.29 is 13.5 Å². The molecule has 0 amide bonds. The van der Waals surface area contributed by atoms with Crippen LogP contribution in [0.2, 0.25) is 0 Å². The minimum atomic E-state index is -3.67. The second-order valence-electron chi connectivity index (χ2n) is 2.99. The highest BCUT2D eigenvalue weighted by Gasteiger charge is 2.09. The number of hydrogen-bond acceptors (Lipinski definition) is 3. The fraction of sp³-hybridized carbons (Fsp3) is 0.333. The molecule has 4 nitrogen and oxygen atoms in total. The highest BCUT2D eigenvalue weighted by molar-refractivity contribution is 7.89. The molecular formula is C9H13NO3S. The molecule has 0 unspecified atom stereocenters. The van der Waals surface area contributed by atoms with Crippen molar-refractivity contribution in [2.24, 2.45) is 5.14 Å². The van der Waals surface area contributed by atoms with Gasteiger partial charge in [-0.3, -0.25) is 0 Å². The van der Waals surface area contributed by atoms with Crippen molar-refractivity contribution in [1.82, 2.24) is 0 Å². The van der Waals surface area contributed by atoms with Gasteiger partial charge < -0.3 is 5.11 Å². The second kappa shape index (κ2) is 4.08. The van der Waals surface area contributed by atoms with Crippen LogP contribution >= 0.6 is 0 Å². The Labute approximate surface area is 83.4 Å². The molecule has 0 bridgehead atoms. The lowest BCUT2D eigenvalue weighted by Gasteiger charge is -2.06. The molecule has 0 radical (unpaired) electrons. The van der Waals surface area contributed by atoms with Crippen molar-refractivity contribution in [2.45, 2.75) is 24.8 Å². The number of aliphatic hydroxyl groups excluding tert-OH is 1. The summed E-state index contributed by atoms with van der Waals surface area (Å²) < 4.78 is 22.0. The molecule has 0 saturated carbocycles. The van der Waals surface area contributed by atoms with Gasteiger partial charge in [0.05, 0.1) is 11.5 Å². The van der Waals surface area contributed by atoms with Gasteiger partial charge in [0.1, 0.15) is 0 Å². The third kappa shape index (κ3) is 2.31. The Hall–Kier alpha value is -0.910. The van der Waals surface area contributed by atoms with E-state index in [0.29, 0.717) is 5.56 Å². The number of hydrogen-bond donors (Lipinski definition) is 2. The number of nitrogens with two attached hydrogens (primary N) is 1. The molecule has 78 valence electrons. The highest BCUT2D eigenvalue weighted by atomic mass is 32.2. The number of sulfonamides is 1. The van der Waals surface area contributed by atoms with Crippen molar-refractivity contribution in [2.75, 3.05) is 0 Å². The lowest BCUT2D eigenvalue weighted by Crippen LogP contribution is -2.12. The number of benzene rings is 1. The average molecular weight is 215 g/mol. The van der Waals surface area contributed by atoms with Crippen molar-refractivity contribution in [3.05, 3.63) is 29.3 Å². The molecule has 0 spiro atoms. The Morgan fingerprint density at radius 1 is 1.36 bits per heavy atom. The van der Waals surface area contributed by atoms with Gasteiger partial charge in [-0.05, 0) is 29.7 Å². The van der Waals surface area contributed by atoms with Crippen molar-refractivity contribution in [3.8, 4) is 0 Å². The summed E-state index contributed by atoms with van der Waals surface area (Å²) in [6, 6.07) is 4.53. The van der Waals surface area contributed by atoms with Gasteiger partial charge in [-0.15, -0.1) is 0 Å². The van der Waals surface area contributed by atoms with E-state index in [1.54, 1.807) is 6.07 Å². The fourth-order valence-electron chi connectivity index (χ4n) is 1.27. The first kappa shape index (κ1) is 11.2. The number of aryl methyl sites for hydroxylation is 1. The van der Waals surface area contributed by atoms with E-state index in [4.69, 9.17) is 10.2 Å². The maximum atomic E-state index is 11.0. The molecule has 0 aliphatic rings. The summed E-state index contributed by atoms with van der Waals surface area (Å²) in [5.74, 6) is 0. The minimum Gasteiger partial charge on any atom is -0.392 e. The first-order chi connectivity index (χ1) is 6.49. The quantitative estimate of drug-likeness (QED) is 0.765. The Morgan fingerprint density at radius 2 is 2.00 bits per heavy atom. The zero-order chi connectivity index (χ0) is 10.8. The Morgan fingerprint density at radius 3 is 2.43 bits per heavy atom. The molecule has 14 heavy (non-hydrogen) atoms. The van der Waals surface area contributed by atoms with E-state index in [-0.39, 0.29) is 11.5 Å². The minimum absolute atomic E-state index is 0.0405. The maximum Gasteiger partial charge on any atom is 0.238 e. The largest absolute Gasteiger partial charge is 0.392 e. The predicted octanol–water partition coefficient (Wildman–Crippen LogP) is 0.389. The Kier molecular flexibility index (Phi) is 3.25. The lowest BCUT2D eigenvalue weighted by atomic mass is 10.1. The van der Waals surface area contributed by atoms with Gasteiger partial charge in [0.25, 0.3) is 0 Å². The molecule has 0 aliphatic carbocycles. The van der Waals surface area contributed by atoms with Crippen LogP contribution in [0.3, 0.4) is 0 Å². The van der Waals surface area contributed by atoms with E-state index in [1.165, 1.54) is 12.1 Å². The number of aliphatic hydroxyl groups is 1. The van der Waals surface area contributed by atoms with Gasteiger partial charge in [0.2, 0.25) is 10.0 Å². The summed E-state index contributed by atoms with van der Waals surface area (Å²) in [7, 11) is -3.67. The van der Waals surface area contributed by atoms with Crippen molar-refractivity contribution in [3.63, 3.8) is 0 Å². The van der Waals surface area contributed by atoms with E-state index in [2.05, 4.69) is 0 Å². The van der Waals surface area contributed by atoms with E-state index in [1.807, 2.05) is 6.92 Å². The molecule has 0 heterocycles. The molecule has 0 aromatic heterocycles. The van der Waals surface area contributed by atoms with Gasteiger partial charge in [0, 0.05) is 0 Å². The van der Waals surface area contributed by atoms with Gasteiger partial charge in [-0.2, -0.15) is 0 Å². The molecule has 5 heteroatoms. The van der Waals surface area contributed by atoms with Gasteiger partial charge in [-0.25, -0.2) is 13.6 Å². The SMILES string of the molecule is CCc1ccc(S(N)(=O)=O)cc1CO. The fourth-order valence-corrected chi connectivity index (χ4v) is 1.84. The highest BCUT2D eigenvalue weighted by Crippen LogP contribution is 2.15. The van der Waals surface area contributed by atoms with Crippen LogP contribution in [0.25, 0.3) is 0 Å². The Balaban J connectivity index is 3.28. The van der Waals surface area contributed by atoms with Gasteiger partial charge >= 0.3 is 0 Å². The number of primary sulfonamides is 1. The molecule has 3 N–H and O–H groups in total. The summed E-state index contributed by atoms with van der Waals surface area (Å²) in [5.41, 5.74) is 1.54. The third-order valence-corrected chi connectivity index (χ3v) is 2.97. The monoisotopic (exact) mass is 215 g/mol. The number of rotatable bonds is 3. The third-order valence-electron chi connectivity index (χ3n) is 2.06. The van der Waals surface area contributed by atoms with E-state index in [0.717, 1.165) is 12.0 Å². The summed E-state index contributed by atoms with van der Waals surface area (Å²) in [5, 5.41) is 14.0. The van der Waals surface area contributed by atoms with E-state index >= 15 is 0 Å². The standard InChI is InChI=1S/C9H13NO3S/c1-2-7-3-4-9(14(10,12)13)5-8(7)6-11/h3-5,11H,2,6H2,1H3,(H2,10,12,13). The van der Waals surface area contributed by atoms with E-state index in [9.17, 15) is 8.42 Å². The first-order valence-corrected chi connectivity index (χ1v) is 5.79. The zero-order valence-electron chi connectivity index (χ0n) is 7.90. The molecule has 0 aliphatic heterocycles. The van der Waals surface area contributed by atoms with E-state index < -0.39 is 10.0 Å². The van der Waals surface area contributed by atoms with Crippen molar-refractivity contribution in [1.29, 1.82) is 0 Å². The van der Waals surface area contributed by atoms with Gasteiger partial charge in [0.15, 0.2) is 0 Å². The molecule has 1 aromatic carbocycles. The summed E-state index contributed by atoms with van der Waals surface area (Å²) in [6.07, 6.45) is 0.751. The molecule has 1 rings (SSSR count). The van der Waals surface area contributed by atoms with Crippen LogP contribution in [-0.2, 0) is 23.1 Å².